The Morgan fingerprint density at radius 1 is 1.45 bits per heavy atom. The molecule has 4 N–H and O–H groups in total. The van der Waals surface area contributed by atoms with Crippen LogP contribution in [0.4, 0.5) is 0 Å². The van der Waals surface area contributed by atoms with Gasteiger partial charge in [-0.15, -0.1) is 0 Å². The third-order valence-electron chi connectivity index (χ3n) is 1.94. The van der Waals surface area contributed by atoms with Gasteiger partial charge in [-0.2, -0.15) is 10.6 Å². The van der Waals surface area contributed by atoms with E-state index in [1.165, 1.54) is 0 Å². The molecule has 0 aromatic carbocycles. The fourth-order valence-electron chi connectivity index (χ4n) is 1.22. The molecular weight excluding hydrogens is 166 g/mol. The van der Waals surface area contributed by atoms with Crippen LogP contribution in [0.15, 0.2) is 0 Å². The van der Waals surface area contributed by atoms with E-state index in [4.69, 9.17) is 5.11 Å². The first kappa shape index (κ1) is 9.28. The SMILES string of the molecule is OCCC1CNCCS1(O)O. The molecule has 0 bridgehead atoms. The smallest absolute Gasteiger partial charge is 0.0631 e. The molecule has 0 aromatic rings. The van der Waals surface area contributed by atoms with E-state index in [9.17, 15) is 9.11 Å². The summed E-state index contributed by atoms with van der Waals surface area (Å²) in [6.45, 7) is 1.31. The first-order chi connectivity index (χ1) is 5.17. The number of hydrogen-bond donors (Lipinski definition) is 4. The summed E-state index contributed by atoms with van der Waals surface area (Å²) >= 11 is 0. The maximum Gasteiger partial charge on any atom is 0.0631 e. The van der Waals surface area contributed by atoms with Crippen LogP contribution >= 0.6 is 10.6 Å². The fraction of sp³-hybridized carbons (Fsp3) is 1.00. The molecule has 1 aliphatic rings. The second kappa shape index (κ2) is 3.73. The van der Waals surface area contributed by atoms with Gasteiger partial charge in [-0.05, 0) is 6.42 Å². The van der Waals surface area contributed by atoms with Crippen LogP contribution in [0.2, 0.25) is 0 Å². The number of aliphatic hydroxyl groups excluding tert-OH is 1. The van der Waals surface area contributed by atoms with Crippen LogP contribution in [0.5, 0.6) is 0 Å². The zero-order chi connectivity index (χ0) is 8.32. The fourth-order valence-corrected chi connectivity index (χ4v) is 2.87. The Bertz CT molecular complexity index is 129. The quantitative estimate of drug-likeness (QED) is 0.487. The van der Waals surface area contributed by atoms with Gasteiger partial charge in [0, 0.05) is 19.7 Å². The van der Waals surface area contributed by atoms with Crippen LogP contribution in [0, 0.1) is 0 Å². The Balaban J connectivity index is 2.45. The van der Waals surface area contributed by atoms with Gasteiger partial charge in [-0.3, -0.25) is 9.11 Å². The summed E-state index contributed by atoms with van der Waals surface area (Å²) in [5.41, 5.74) is 0. The molecule has 4 nitrogen and oxygen atoms in total. The topological polar surface area (TPSA) is 72.7 Å². The molecule has 0 aromatic heterocycles. The Labute approximate surface area is 68.0 Å². The average Bonchev–Trinajstić information content (AvgIpc) is 1.94. The molecule has 1 fully saturated rings. The largest absolute Gasteiger partial charge is 0.396 e. The van der Waals surface area contributed by atoms with Gasteiger partial charge in [-0.25, -0.2) is 0 Å². The lowest BCUT2D eigenvalue weighted by molar-refractivity contribution is 0.279. The summed E-state index contributed by atoms with van der Waals surface area (Å²) in [6, 6.07) is 0. The highest BCUT2D eigenvalue weighted by molar-refractivity contribution is 8.24. The minimum absolute atomic E-state index is 0.0300. The Hall–Kier alpha value is 0.190. The van der Waals surface area contributed by atoms with Gasteiger partial charge in [-0.1, -0.05) is 0 Å². The van der Waals surface area contributed by atoms with Gasteiger partial charge in [0.2, 0.25) is 0 Å². The van der Waals surface area contributed by atoms with E-state index in [2.05, 4.69) is 5.32 Å². The van der Waals surface area contributed by atoms with Crippen molar-refractivity contribution >= 4 is 10.6 Å². The number of aliphatic hydroxyl groups is 1. The third kappa shape index (κ3) is 2.31. The van der Waals surface area contributed by atoms with Crippen LogP contribution in [0.25, 0.3) is 0 Å². The highest BCUT2D eigenvalue weighted by Crippen LogP contribution is 2.46. The zero-order valence-electron chi connectivity index (χ0n) is 6.36. The van der Waals surface area contributed by atoms with Crippen molar-refractivity contribution in [2.75, 3.05) is 25.4 Å². The second-order valence-electron chi connectivity index (χ2n) is 2.76. The summed E-state index contributed by atoms with van der Waals surface area (Å²) in [4.78, 5) is 0. The van der Waals surface area contributed by atoms with E-state index in [1.54, 1.807) is 0 Å². The molecule has 1 rings (SSSR count). The average molecular weight is 181 g/mol. The molecule has 1 atom stereocenters. The molecular formula is C6H15NO3S. The Morgan fingerprint density at radius 2 is 2.18 bits per heavy atom. The molecule has 5 heteroatoms. The molecule has 1 saturated heterocycles. The summed E-state index contributed by atoms with van der Waals surface area (Å²) in [7, 11) is -2.41. The van der Waals surface area contributed by atoms with Crippen molar-refractivity contribution in [2.24, 2.45) is 0 Å². The summed E-state index contributed by atoms with van der Waals surface area (Å²) in [5, 5.41) is 11.5. The summed E-state index contributed by atoms with van der Waals surface area (Å²) in [6.07, 6.45) is 0.481. The lowest BCUT2D eigenvalue weighted by Gasteiger charge is -2.43. The molecule has 0 saturated carbocycles. The maximum atomic E-state index is 9.45. The van der Waals surface area contributed by atoms with Crippen molar-refractivity contribution in [3.63, 3.8) is 0 Å². The lowest BCUT2D eigenvalue weighted by atomic mass is 10.3. The van der Waals surface area contributed by atoms with Crippen LogP contribution in [0.3, 0.4) is 0 Å². The van der Waals surface area contributed by atoms with E-state index >= 15 is 0 Å². The predicted molar refractivity (Wildman–Crippen MR) is 46.1 cm³/mol. The monoisotopic (exact) mass is 181 g/mol. The van der Waals surface area contributed by atoms with E-state index in [0.717, 1.165) is 0 Å². The minimum Gasteiger partial charge on any atom is -0.396 e. The lowest BCUT2D eigenvalue weighted by Crippen LogP contribution is -2.41. The molecule has 1 aliphatic heterocycles. The molecule has 11 heavy (non-hydrogen) atoms. The Kier molecular flexibility index (Phi) is 3.15. The van der Waals surface area contributed by atoms with Crippen molar-refractivity contribution in [1.29, 1.82) is 0 Å². The summed E-state index contributed by atoms with van der Waals surface area (Å²) in [5.74, 6) is 0.428. The molecule has 0 aliphatic carbocycles. The van der Waals surface area contributed by atoms with Gasteiger partial charge in [0.1, 0.15) is 0 Å². The van der Waals surface area contributed by atoms with Crippen molar-refractivity contribution in [2.45, 2.75) is 11.7 Å². The highest BCUT2D eigenvalue weighted by Gasteiger charge is 2.27. The van der Waals surface area contributed by atoms with Gasteiger partial charge < -0.3 is 10.4 Å². The summed E-state index contributed by atoms with van der Waals surface area (Å²) < 4.78 is 18.9. The molecule has 1 heterocycles. The first-order valence-corrected chi connectivity index (χ1v) is 5.51. The van der Waals surface area contributed by atoms with Crippen LogP contribution in [-0.4, -0.2) is 44.9 Å². The van der Waals surface area contributed by atoms with Crippen LogP contribution in [0.1, 0.15) is 6.42 Å². The van der Waals surface area contributed by atoms with Crippen molar-refractivity contribution in [3.05, 3.63) is 0 Å². The van der Waals surface area contributed by atoms with Crippen molar-refractivity contribution < 1.29 is 14.2 Å². The maximum absolute atomic E-state index is 9.45. The first-order valence-electron chi connectivity index (χ1n) is 3.73. The van der Waals surface area contributed by atoms with Crippen LogP contribution in [-0.2, 0) is 0 Å². The van der Waals surface area contributed by atoms with Crippen molar-refractivity contribution in [3.8, 4) is 0 Å². The number of hydrogen-bond acceptors (Lipinski definition) is 4. The predicted octanol–water partition coefficient (Wildman–Crippen LogP) is 0.0912. The standard InChI is InChI=1S/C6H15NO3S/c8-3-1-6-5-7-2-4-11(6,9)10/h6-10H,1-5H2. The van der Waals surface area contributed by atoms with Gasteiger partial charge >= 0.3 is 0 Å². The van der Waals surface area contributed by atoms with Gasteiger partial charge in [0.05, 0.1) is 11.0 Å². The number of nitrogens with one attached hydrogen (secondary N) is 1. The molecule has 0 spiro atoms. The van der Waals surface area contributed by atoms with Crippen molar-refractivity contribution in [1.82, 2.24) is 5.32 Å². The van der Waals surface area contributed by atoms with Crippen LogP contribution < -0.4 is 5.32 Å². The molecule has 0 radical (unpaired) electrons. The highest BCUT2D eigenvalue weighted by atomic mass is 32.3. The second-order valence-corrected chi connectivity index (χ2v) is 5.27. The minimum atomic E-state index is -2.41. The van der Waals surface area contributed by atoms with E-state index in [1.807, 2.05) is 0 Å². The third-order valence-corrected chi connectivity index (χ3v) is 4.21. The van der Waals surface area contributed by atoms with E-state index in [-0.39, 0.29) is 11.9 Å². The van der Waals surface area contributed by atoms with Gasteiger partial charge in [0.25, 0.3) is 0 Å². The van der Waals surface area contributed by atoms with E-state index in [0.29, 0.717) is 25.3 Å². The molecule has 68 valence electrons. The van der Waals surface area contributed by atoms with Gasteiger partial charge in [0.15, 0.2) is 0 Å². The van der Waals surface area contributed by atoms with E-state index < -0.39 is 10.6 Å². The Morgan fingerprint density at radius 3 is 2.73 bits per heavy atom. The normalized spacial score (nSPS) is 33.2. The number of rotatable bonds is 2. The zero-order valence-corrected chi connectivity index (χ0v) is 7.18. The molecule has 1 unspecified atom stereocenters. The molecule has 0 amide bonds.